The van der Waals surface area contributed by atoms with Crippen molar-refractivity contribution in [2.45, 2.75) is 19.5 Å². The van der Waals surface area contributed by atoms with Gasteiger partial charge in [-0.05, 0) is 26.1 Å². The lowest BCUT2D eigenvalue weighted by molar-refractivity contribution is 0.193. The molecule has 3 aromatic rings. The Morgan fingerprint density at radius 3 is 2.72 bits per heavy atom. The van der Waals surface area contributed by atoms with E-state index in [-0.39, 0.29) is 0 Å². The minimum atomic E-state index is 0.478. The second kappa shape index (κ2) is 6.19. The molecule has 1 fully saturated rings. The van der Waals surface area contributed by atoms with E-state index in [9.17, 15) is 0 Å². The predicted molar refractivity (Wildman–Crippen MR) is 97.2 cm³/mol. The monoisotopic (exact) mass is 359 g/mol. The molecule has 1 aliphatic heterocycles. The first kappa shape index (κ1) is 16.2. The van der Waals surface area contributed by atoms with Crippen LogP contribution in [-0.4, -0.2) is 74.3 Å². The molecule has 0 saturated carbocycles. The zero-order valence-corrected chi connectivity index (χ0v) is 15.6. The van der Waals surface area contributed by atoms with Gasteiger partial charge < -0.3 is 9.80 Å². The molecular weight excluding hydrogens is 338 g/mol. The fourth-order valence-electron chi connectivity index (χ4n) is 2.82. The summed E-state index contributed by atoms with van der Waals surface area (Å²) in [6, 6.07) is 4.44. The van der Waals surface area contributed by atoms with Crippen LogP contribution < -0.4 is 9.80 Å². The third kappa shape index (κ3) is 3.02. The molecule has 0 bridgehead atoms. The summed E-state index contributed by atoms with van der Waals surface area (Å²) >= 11 is 1.44. The second-order valence-electron chi connectivity index (χ2n) is 6.57. The molecule has 10 heteroatoms. The molecular formula is C15H21N9S. The van der Waals surface area contributed by atoms with Gasteiger partial charge in [0, 0.05) is 44.8 Å². The predicted octanol–water partition coefficient (Wildman–Crippen LogP) is 0.671. The molecule has 25 heavy (non-hydrogen) atoms. The number of aromatic nitrogens is 6. The van der Waals surface area contributed by atoms with E-state index in [2.05, 4.69) is 41.5 Å². The zero-order valence-electron chi connectivity index (χ0n) is 14.8. The van der Waals surface area contributed by atoms with Gasteiger partial charge in [0.15, 0.2) is 17.3 Å². The molecule has 0 radical (unpaired) electrons. The highest BCUT2D eigenvalue weighted by Gasteiger charge is 2.31. The fourth-order valence-corrected chi connectivity index (χ4v) is 3.41. The van der Waals surface area contributed by atoms with Crippen LogP contribution in [0.4, 0.5) is 10.9 Å². The molecule has 0 atom stereocenters. The van der Waals surface area contributed by atoms with E-state index in [1.54, 1.807) is 4.52 Å². The lowest BCUT2D eigenvalue weighted by atomic mass is 10.1. The molecule has 0 aromatic carbocycles. The number of hydrogen-bond acceptors (Lipinski definition) is 9. The second-order valence-corrected chi connectivity index (χ2v) is 7.30. The van der Waals surface area contributed by atoms with Gasteiger partial charge in [0.2, 0.25) is 5.13 Å². The van der Waals surface area contributed by atoms with Gasteiger partial charge in [-0.2, -0.15) is 8.89 Å². The Morgan fingerprint density at radius 2 is 2.00 bits per heavy atom. The highest BCUT2D eigenvalue weighted by molar-refractivity contribution is 7.09. The van der Waals surface area contributed by atoms with Crippen molar-refractivity contribution in [2.24, 2.45) is 0 Å². The Kier molecular flexibility index (Phi) is 4.00. The number of nitrogens with zero attached hydrogens (tertiary/aromatic N) is 9. The first-order valence-corrected chi connectivity index (χ1v) is 8.93. The highest BCUT2D eigenvalue weighted by atomic mass is 32.1. The van der Waals surface area contributed by atoms with Crippen LogP contribution >= 0.6 is 11.5 Å². The summed E-state index contributed by atoms with van der Waals surface area (Å²) in [6.07, 6.45) is 0. The number of rotatable bonds is 5. The van der Waals surface area contributed by atoms with E-state index < -0.39 is 0 Å². The maximum atomic E-state index is 4.63. The summed E-state index contributed by atoms with van der Waals surface area (Å²) in [7, 11) is 6.09. The van der Waals surface area contributed by atoms with Gasteiger partial charge in [-0.3, -0.25) is 4.90 Å². The summed E-state index contributed by atoms with van der Waals surface area (Å²) in [4.78, 5) is 11.1. The van der Waals surface area contributed by atoms with Gasteiger partial charge in [-0.25, -0.2) is 4.98 Å². The van der Waals surface area contributed by atoms with Crippen LogP contribution in [0.3, 0.4) is 0 Å². The molecule has 1 aliphatic rings. The summed E-state index contributed by atoms with van der Waals surface area (Å²) in [5, 5.41) is 13.7. The van der Waals surface area contributed by atoms with Crippen molar-refractivity contribution in [1.82, 2.24) is 34.1 Å². The Morgan fingerprint density at radius 1 is 1.20 bits per heavy atom. The van der Waals surface area contributed by atoms with Gasteiger partial charge in [-0.1, -0.05) is 0 Å². The van der Waals surface area contributed by atoms with Crippen LogP contribution in [-0.2, 0) is 6.54 Å². The van der Waals surface area contributed by atoms with Crippen LogP contribution in [0.25, 0.3) is 5.65 Å². The van der Waals surface area contributed by atoms with Crippen LogP contribution in [0.5, 0.6) is 0 Å². The molecule has 9 nitrogen and oxygen atoms in total. The molecule has 0 N–H and O–H groups in total. The van der Waals surface area contributed by atoms with Crippen molar-refractivity contribution < 1.29 is 0 Å². The van der Waals surface area contributed by atoms with E-state index in [0.717, 1.165) is 47.9 Å². The maximum Gasteiger partial charge on any atom is 0.204 e. The molecule has 0 aliphatic carbocycles. The standard InChI is InChI=1S/C15H21N9S/c1-10-17-18-13-5-6-14(19-24(10)13)23-7-11(8-23)22(4)9-12-16-15(21(2)3)25-20-12/h5-6,11H,7-9H2,1-4H3. The van der Waals surface area contributed by atoms with E-state index in [1.807, 2.05) is 38.1 Å². The van der Waals surface area contributed by atoms with Gasteiger partial charge in [0.05, 0.1) is 6.54 Å². The molecule has 3 aromatic heterocycles. The Balaban J connectivity index is 1.37. The number of hydrogen-bond donors (Lipinski definition) is 0. The largest absolute Gasteiger partial charge is 0.353 e. The Hall–Kier alpha value is -2.33. The van der Waals surface area contributed by atoms with Crippen molar-refractivity contribution >= 4 is 28.1 Å². The van der Waals surface area contributed by atoms with Crippen LogP contribution in [0.15, 0.2) is 12.1 Å². The van der Waals surface area contributed by atoms with Gasteiger partial charge in [-0.15, -0.1) is 15.3 Å². The van der Waals surface area contributed by atoms with Crippen molar-refractivity contribution in [2.75, 3.05) is 44.0 Å². The molecule has 0 spiro atoms. The topological polar surface area (TPSA) is 78.6 Å². The smallest absolute Gasteiger partial charge is 0.204 e. The average Bonchev–Trinajstić information content (AvgIpc) is 3.13. The summed E-state index contributed by atoms with van der Waals surface area (Å²) in [5.74, 6) is 2.65. The van der Waals surface area contributed by atoms with Crippen molar-refractivity contribution in [3.05, 3.63) is 23.8 Å². The lowest BCUT2D eigenvalue weighted by Gasteiger charge is -2.44. The van der Waals surface area contributed by atoms with Gasteiger partial charge in [0.1, 0.15) is 5.82 Å². The minimum Gasteiger partial charge on any atom is -0.353 e. The Labute approximate surface area is 150 Å². The average molecular weight is 359 g/mol. The van der Waals surface area contributed by atoms with Crippen LogP contribution in [0.2, 0.25) is 0 Å². The SMILES string of the molecule is Cc1nnc2ccc(N3CC(N(C)Cc4nsc(N(C)C)n4)C3)nn12. The van der Waals surface area contributed by atoms with Crippen molar-refractivity contribution in [1.29, 1.82) is 0 Å². The molecule has 0 amide bonds. The third-order valence-corrected chi connectivity index (χ3v) is 5.37. The first-order valence-electron chi connectivity index (χ1n) is 8.15. The van der Waals surface area contributed by atoms with E-state index >= 15 is 0 Å². The van der Waals surface area contributed by atoms with Gasteiger partial charge >= 0.3 is 0 Å². The minimum absolute atomic E-state index is 0.478. The Bertz CT molecular complexity index is 880. The van der Waals surface area contributed by atoms with Crippen LogP contribution in [0, 0.1) is 6.92 Å². The summed E-state index contributed by atoms with van der Waals surface area (Å²) < 4.78 is 6.22. The molecule has 0 unspecified atom stereocenters. The van der Waals surface area contributed by atoms with E-state index in [4.69, 9.17) is 0 Å². The lowest BCUT2D eigenvalue weighted by Crippen LogP contribution is -2.58. The quantitative estimate of drug-likeness (QED) is 0.658. The fraction of sp³-hybridized carbons (Fsp3) is 0.533. The van der Waals surface area contributed by atoms with Crippen molar-refractivity contribution in [3.63, 3.8) is 0 Å². The number of anilines is 2. The number of likely N-dealkylation sites (N-methyl/N-ethyl adjacent to an activating group) is 1. The number of fused-ring (bicyclic) bond motifs is 1. The molecule has 132 valence electrons. The first-order chi connectivity index (χ1) is 12.0. The van der Waals surface area contributed by atoms with Gasteiger partial charge in [0.25, 0.3) is 0 Å². The van der Waals surface area contributed by atoms with Crippen molar-refractivity contribution in [3.8, 4) is 0 Å². The van der Waals surface area contributed by atoms with E-state index in [1.165, 1.54) is 11.5 Å². The highest BCUT2D eigenvalue weighted by Crippen LogP contribution is 2.23. The van der Waals surface area contributed by atoms with Crippen LogP contribution in [0.1, 0.15) is 11.6 Å². The molecule has 4 rings (SSSR count). The maximum absolute atomic E-state index is 4.63. The van der Waals surface area contributed by atoms with E-state index in [0.29, 0.717) is 6.04 Å². The normalized spacial score (nSPS) is 15.2. The third-order valence-electron chi connectivity index (χ3n) is 4.45. The number of aryl methyl sites for hydroxylation is 1. The summed E-state index contributed by atoms with van der Waals surface area (Å²) in [5.41, 5.74) is 0.779. The summed E-state index contributed by atoms with van der Waals surface area (Å²) in [6.45, 7) is 4.56. The zero-order chi connectivity index (χ0) is 17.6. The molecule has 4 heterocycles. The molecule has 1 saturated heterocycles.